The number of nitrogens with zero attached hydrogens (tertiary/aromatic N) is 3. The van der Waals surface area contributed by atoms with Crippen LogP contribution >= 0.6 is 11.3 Å². The Morgan fingerprint density at radius 1 is 1.22 bits per heavy atom. The summed E-state index contributed by atoms with van der Waals surface area (Å²) in [6.07, 6.45) is 3.37. The van der Waals surface area contributed by atoms with Crippen LogP contribution in [0.5, 0.6) is 16.8 Å². The number of aromatic amines is 1. The summed E-state index contributed by atoms with van der Waals surface area (Å²) in [6, 6.07) is 5.28. The number of hydrogen-bond acceptors (Lipinski definition) is 7. The third-order valence-corrected chi connectivity index (χ3v) is 4.39. The van der Waals surface area contributed by atoms with Crippen molar-refractivity contribution in [2.75, 3.05) is 0 Å². The Hall–Kier alpha value is -2.94. The van der Waals surface area contributed by atoms with Gasteiger partial charge >= 0.3 is 0 Å². The summed E-state index contributed by atoms with van der Waals surface area (Å²) >= 11 is 1.37. The summed E-state index contributed by atoms with van der Waals surface area (Å²) in [4.78, 5) is 20.5. The van der Waals surface area contributed by atoms with Crippen LogP contribution in [0.2, 0.25) is 0 Å². The minimum absolute atomic E-state index is 0.0675. The zero-order chi connectivity index (χ0) is 19.4. The molecule has 0 aromatic carbocycles. The van der Waals surface area contributed by atoms with Crippen LogP contribution < -0.4 is 14.8 Å². The van der Waals surface area contributed by atoms with Gasteiger partial charge in [-0.2, -0.15) is 5.10 Å². The second-order valence-electron chi connectivity index (χ2n) is 6.22. The van der Waals surface area contributed by atoms with Gasteiger partial charge in [0, 0.05) is 13.0 Å². The molecule has 8 nitrogen and oxygen atoms in total. The molecule has 0 aliphatic rings. The van der Waals surface area contributed by atoms with E-state index in [4.69, 9.17) is 9.47 Å². The first-order valence-electron chi connectivity index (χ1n) is 8.50. The summed E-state index contributed by atoms with van der Waals surface area (Å²) < 4.78 is 11.3. The van der Waals surface area contributed by atoms with Crippen molar-refractivity contribution < 1.29 is 14.3 Å². The van der Waals surface area contributed by atoms with Crippen LogP contribution in [0.3, 0.4) is 0 Å². The molecule has 1 unspecified atom stereocenters. The minimum atomic E-state index is -0.148. The van der Waals surface area contributed by atoms with E-state index in [2.05, 4.69) is 25.5 Å². The van der Waals surface area contributed by atoms with Crippen LogP contribution in [0.1, 0.15) is 39.4 Å². The Bertz CT molecular complexity index is 904. The predicted molar refractivity (Wildman–Crippen MR) is 102 cm³/mol. The van der Waals surface area contributed by atoms with Gasteiger partial charge < -0.3 is 14.8 Å². The fourth-order valence-electron chi connectivity index (χ4n) is 2.33. The molecule has 0 spiro atoms. The van der Waals surface area contributed by atoms with Crippen LogP contribution in [-0.2, 0) is 4.79 Å². The Labute approximate surface area is 161 Å². The Morgan fingerprint density at radius 3 is 2.70 bits per heavy atom. The van der Waals surface area contributed by atoms with Gasteiger partial charge in [-0.3, -0.25) is 9.89 Å². The lowest BCUT2D eigenvalue weighted by atomic mass is 10.2. The SMILES string of the molecule is CC(=O)NC(C)c1cc(-c2cnc(Oc3ccc(OC(C)C)nc3)s2)n[nH]1. The number of H-pyrrole nitrogens is 1. The van der Waals surface area contributed by atoms with Crippen LogP contribution in [0.4, 0.5) is 0 Å². The molecule has 142 valence electrons. The van der Waals surface area contributed by atoms with Crippen LogP contribution in [0, 0.1) is 0 Å². The van der Waals surface area contributed by atoms with E-state index in [9.17, 15) is 4.79 Å². The van der Waals surface area contributed by atoms with Gasteiger partial charge in [-0.05, 0) is 32.9 Å². The second kappa shape index (κ2) is 8.17. The number of carbonyl (C=O) groups excluding carboxylic acids is 1. The van der Waals surface area contributed by atoms with E-state index in [0.717, 1.165) is 16.3 Å². The molecule has 3 aromatic heterocycles. The monoisotopic (exact) mass is 387 g/mol. The summed E-state index contributed by atoms with van der Waals surface area (Å²) in [5.41, 5.74) is 1.56. The van der Waals surface area contributed by atoms with Crippen molar-refractivity contribution in [2.45, 2.75) is 39.8 Å². The van der Waals surface area contributed by atoms with Gasteiger partial charge in [0.05, 0.1) is 35.1 Å². The number of aromatic nitrogens is 4. The highest BCUT2D eigenvalue weighted by Gasteiger charge is 2.14. The van der Waals surface area contributed by atoms with Crippen molar-refractivity contribution in [3.05, 3.63) is 36.3 Å². The number of nitrogens with one attached hydrogen (secondary N) is 2. The molecule has 0 fully saturated rings. The Balaban J connectivity index is 1.66. The Morgan fingerprint density at radius 2 is 2.04 bits per heavy atom. The van der Waals surface area contributed by atoms with Gasteiger partial charge in [-0.25, -0.2) is 9.97 Å². The quantitative estimate of drug-likeness (QED) is 0.641. The number of rotatable bonds is 7. The summed E-state index contributed by atoms with van der Waals surface area (Å²) in [7, 11) is 0. The zero-order valence-electron chi connectivity index (χ0n) is 15.5. The number of carbonyl (C=O) groups is 1. The van der Waals surface area contributed by atoms with Crippen LogP contribution in [0.15, 0.2) is 30.6 Å². The van der Waals surface area contributed by atoms with Crippen molar-refractivity contribution in [1.29, 1.82) is 0 Å². The number of pyridine rings is 1. The lowest BCUT2D eigenvalue weighted by Crippen LogP contribution is -2.23. The summed E-state index contributed by atoms with van der Waals surface area (Å²) in [5.74, 6) is 1.04. The highest BCUT2D eigenvalue weighted by atomic mass is 32.1. The molecule has 27 heavy (non-hydrogen) atoms. The molecule has 3 heterocycles. The first-order chi connectivity index (χ1) is 12.9. The molecule has 0 aliphatic carbocycles. The molecule has 0 saturated heterocycles. The molecule has 2 N–H and O–H groups in total. The molecule has 3 rings (SSSR count). The van der Waals surface area contributed by atoms with Crippen LogP contribution in [-0.4, -0.2) is 32.2 Å². The second-order valence-corrected chi connectivity index (χ2v) is 7.22. The average molecular weight is 387 g/mol. The molecule has 9 heteroatoms. The first kappa shape index (κ1) is 18.8. The van der Waals surface area contributed by atoms with E-state index in [0.29, 0.717) is 16.8 Å². The zero-order valence-corrected chi connectivity index (χ0v) is 16.3. The van der Waals surface area contributed by atoms with Gasteiger partial charge in [0.2, 0.25) is 11.8 Å². The molecule has 1 atom stereocenters. The maximum Gasteiger partial charge on any atom is 0.279 e. The van der Waals surface area contributed by atoms with E-state index < -0.39 is 0 Å². The molecule has 3 aromatic rings. The van der Waals surface area contributed by atoms with Gasteiger partial charge in [-0.1, -0.05) is 11.3 Å². The fraction of sp³-hybridized carbons (Fsp3) is 0.333. The van der Waals surface area contributed by atoms with E-state index in [-0.39, 0.29) is 18.1 Å². The third kappa shape index (κ3) is 5.04. The molecular formula is C18H21N5O3S. The van der Waals surface area contributed by atoms with Gasteiger partial charge in [0.1, 0.15) is 11.4 Å². The van der Waals surface area contributed by atoms with Crippen molar-refractivity contribution in [2.24, 2.45) is 0 Å². The maximum atomic E-state index is 11.2. The highest BCUT2D eigenvalue weighted by Crippen LogP contribution is 2.33. The van der Waals surface area contributed by atoms with Crippen molar-refractivity contribution in [3.63, 3.8) is 0 Å². The smallest absolute Gasteiger partial charge is 0.279 e. The first-order valence-corrected chi connectivity index (χ1v) is 9.31. The third-order valence-electron chi connectivity index (χ3n) is 3.49. The lowest BCUT2D eigenvalue weighted by Gasteiger charge is -2.08. The lowest BCUT2D eigenvalue weighted by molar-refractivity contribution is -0.119. The Kier molecular flexibility index (Phi) is 5.70. The van der Waals surface area contributed by atoms with Gasteiger partial charge in [0.25, 0.3) is 5.19 Å². The predicted octanol–water partition coefficient (Wildman–Crippen LogP) is 3.70. The van der Waals surface area contributed by atoms with E-state index >= 15 is 0 Å². The summed E-state index contributed by atoms with van der Waals surface area (Å²) in [5, 5.41) is 10.5. The average Bonchev–Trinajstić information content (AvgIpc) is 3.25. The van der Waals surface area contributed by atoms with Gasteiger partial charge in [0.15, 0.2) is 0 Å². The highest BCUT2D eigenvalue weighted by molar-refractivity contribution is 7.16. The summed E-state index contributed by atoms with van der Waals surface area (Å²) in [6.45, 7) is 7.26. The largest absolute Gasteiger partial charge is 0.475 e. The normalized spacial score (nSPS) is 12.0. The van der Waals surface area contributed by atoms with Crippen LogP contribution in [0.25, 0.3) is 10.6 Å². The standard InChI is InChI=1S/C18H21N5O3S/c1-10(2)25-17-6-5-13(8-19-17)26-18-20-9-16(27-18)15-7-14(22-23-15)11(3)21-12(4)24/h5-11H,1-4H3,(H,21,24)(H,22,23). The number of amides is 1. The molecule has 0 saturated carbocycles. The topological polar surface area (TPSA) is 102 Å². The van der Waals surface area contributed by atoms with E-state index in [1.165, 1.54) is 18.3 Å². The maximum absolute atomic E-state index is 11.2. The van der Waals surface area contributed by atoms with E-state index in [1.807, 2.05) is 26.8 Å². The molecule has 0 bridgehead atoms. The van der Waals surface area contributed by atoms with Crippen molar-refractivity contribution in [1.82, 2.24) is 25.5 Å². The van der Waals surface area contributed by atoms with Crippen molar-refractivity contribution in [3.8, 4) is 27.4 Å². The number of ether oxygens (including phenoxy) is 2. The molecule has 0 radical (unpaired) electrons. The molecule has 1 amide bonds. The van der Waals surface area contributed by atoms with E-state index in [1.54, 1.807) is 24.5 Å². The molecule has 0 aliphatic heterocycles. The van der Waals surface area contributed by atoms with Gasteiger partial charge in [-0.15, -0.1) is 0 Å². The molecular weight excluding hydrogens is 366 g/mol. The number of thiazole rings is 1. The number of hydrogen-bond donors (Lipinski definition) is 2. The minimum Gasteiger partial charge on any atom is -0.475 e. The van der Waals surface area contributed by atoms with Crippen molar-refractivity contribution >= 4 is 17.2 Å². The fourth-order valence-corrected chi connectivity index (χ4v) is 3.08.